The summed E-state index contributed by atoms with van der Waals surface area (Å²) in [6, 6.07) is 6.72. The van der Waals surface area contributed by atoms with Gasteiger partial charge in [-0.25, -0.2) is 9.37 Å². The molecule has 0 atom stereocenters. The number of nitrogens with zero attached hydrogens (tertiary/aromatic N) is 1. The molecule has 122 valence electrons. The van der Waals surface area contributed by atoms with Gasteiger partial charge >= 0.3 is 0 Å². The van der Waals surface area contributed by atoms with E-state index in [1.54, 1.807) is 11.3 Å². The van der Waals surface area contributed by atoms with Gasteiger partial charge in [-0.1, -0.05) is 32.3 Å². The zero-order valence-electron chi connectivity index (χ0n) is 14.4. The molecule has 1 aliphatic rings. The number of pyridine rings is 1. The summed E-state index contributed by atoms with van der Waals surface area (Å²) >= 11 is 1.68. The molecule has 0 saturated heterocycles. The second-order valence-electron chi connectivity index (χ2n) is 5.93. The third-order valence-electron chi connectivity index (χ3n) is 4.34. The van der Waals surface area contributed by atoms with Crippen LogP contribution in [0.5, 0.6) is 0 Å². The topological polar surface area (TPSA) is 12.9 Å². The summed E-state index contributed by atoms with van der Waals surface area (Å²) in [5, 5.41) is 3.31. The number of aromatic nitrogens is 1. The van der Waals surface area contributed by atoms with Crippen LogP contribution in [-0.4, -0.2) is 12.8 Å². The third-order valence-corrected chi connectivity index (χ3v) is 5.33. The molecule has 1 nitrogen and oxygen atoms in total. The molecule has 0 aliphatic heterocycles. The molecule has 2 aromatic heterocycles. The smallest absolute Gasteiger partial charge is 0.124 e. The molecular formula is C20H21BFNS. The van der Waals surface area contributed by atoms with E-state index in [9.17, 15) is 4.39 Å². The summed E-state index contributed by atoms with van der Waals surface area (Å²) in [6.07, 6.45) is 2.86. The Bertz CT molecular complexity index is 850. The average molecular weight is 337 g/mol. The van der Waals surface area contributed by atoms with E-state index in [0.29, 0.717) is 12.2 Å². The molecule has 2 heterocycles. The summed E-state index contributed by atoms with van der Waals surface area (Å²) in [7, 11) is 6.08. The molecule has 0 bridgehead atoms. The maximum absolute atomic E-state index is 13.3. The minimum Gasteiger partial charge on any atom is -0.241 e. The average Bonchev–Trinajstić information content (AvgIpc) is 3.40. The summed E-state index contributed by atoms with van der Waals surface area (Å²) in [6.45, 7) is 6.10. The molecule has 1 fully saturated rings. The van der Waals surface area contributed by atoms with Crippen molar-refractivity contribution in [1.29, 1.82) is 0 Å². The Kier molecular flexibility index (Phi) is 5.05. The molecule has 1 aliphatic carbocycles. The quantitative estimate of drug-likeness (QED) is 0.536. The zero-order valence-corrected chi connectivity index (χ0v) is 15.2. The molecule has 1 saturated carbocycles. The Morgan fingerprint density at radius 3 is 2.46 bits per heavy atom. The van der Waals surface area contributed by atoms with Gasteiger partial charge in [-0.2, -0.15) is 0 Å². The molecule has 2 radical (unpaired) electrons. The van der Waals surface area contributed by atoms with Crippen LogP contribution >= 0.6 is 11.3 Å². The Balaban J connectivity index is 0.000000815. The van der Waals surface area contributed by atoms with Gasteiger partial charge in [0.2, 0.25) is 0 Å². The number of aryl methyl sites for hydroxylation is 1. The highest BCUT2D eigenvalue weighted by atomic mass is 32.1. The maximum atomic E-state index is 13.3. The van der Waals surface area contributed by atoms with Crippen LogP contribution in [0.3, 0.4) is 0 Å². The van der Waals surface area contributed by atoms with Crippen molar-refractivity contribution >= 4 is 29.4 Å². The Hall–Kier alpha value is -1.68. The highest BCUT2D eigenvalue weighted by Gasteiger charge is 2.30. The first-order valence-electron chi connectivity index (χ1n) is 8.55. The molecule has 1 aromatic carbocycles. The van der Waals surface area contributed by atoms with E-state index >= 15 is 0 Å². The second kappa shape index (κ2) is 7.06. The monoisotopic (exact) mass is 337 g/mol. The number of rotatable bonds is 3. The largest absolute Gasteiger partial charge is 0.241 e. The van der Waals surface area contributed by atoms with E-state index in [1.165, 1.54) is 35.9 Å². The lowest BCUT2D eigenvalue weighted by Crippen LogP contribution is -2.01. The highest BCUT2D eigenvalue weighted by Crippen LogP contribution is 2.46. The number of fused-ring (bicyclic) bond motifs is 1. The Labute approximate surface area is 148 Å². The molecule has 4 heteroatoms. The van der Waals surface area contributed by atoms with Gasteiger partial charge in [-0.3, -0.25) is 0 Å². The van der Waals surface area contributed by atoms with E-state index < -0.39 is 0 Å². The third kappa shape index (κ3) is 3.00. The number of hydrogen-bond donors (Lipinski definition) is 0. The van der Waals surface area contributed by atoms with Crippen molar-refractivity contribution < 1.29 is 4.39 Å². The van der Waals surface area contributed by atoms with Crippen molar-refractivity contribution in [2.24, 2.45) is 0 Å². The molecule has 0 amide bonds. The lowest BCUT2D eigenvalue weighted by atomic mass is 9.85. The fourth-order valence-corrected chi connectivity index (χ4v) is 4.05. The molecule has 3 aromatic rings. The summed E-state index contributed by atoms with van der Waals surface area (Å²) in [4.78, 5) is 5.96. The van der Waals surface area contributed by atoms with Crippen molar-refractivity contribution in [2.45, 2.75) is 45.9 Å². The fourth-order valence-electron chi connectivity index (χ4n) is 3.11. The fraction of sp³-hybridized carbons (Fsp3) is 0.350. The molecule has 0 N–H and O–H groups in total. The predicted molar refractivity (Wildman–Crippen MR) is 103 cm³/mol. The van der Waals surface area contributed by atoms with Crippen molar-refractivity contribution in [2.75, 3.05) is 0 Å². The maximum Gasteiger partial charge on any atom is 0.124 e. The first-order valence-corrected chi connectivity index (χ1v) is 9.43. The predicted octanol–water partition coefficient (Wildman–Crippen LogP) is 5.98. The van der Waals surface area contributed by atoms with Gasteiger partial charge in [0, 0.05) is 17.0 Å². The lowest BCUT2D eigenvalue weighted by molar-refractivity contribution is 0.628. The van der Waals surface area contributed by atoms with Crippen LogP contribution < -0.4 is 0 Å². The van der Waals surface area contributed by atoms with E-state index in [4.69, 9.17) is 12.8 Å². The van der Waals surface area contributed by atoms with Crippen LogP contribution in [0.2, 0.25) is 0 Å². The van der Waals surface area contributed by atoms with Crippen LogP contribution in [0.1, 0.15) is 49.4 Å². The van der Waals surface area contributed by atoms with Gasteiger partial charge in [0.15, 0.2) is 0 Å². The molecule has 0 spiro atoms. The zero-order chi connectivity index (χ0) is 17.3. The van der Waals surface area contributed by atoms with Gasteiger partial charge < -0.3 is 0 Å². The summed E-state index contributed by atoms with van der Waals surface area (Å²) < 4.78 is 13.3. The van der Waals surface area contributed by atoms with Gasteiger partial charge in [0.25, 0.3) is 0 Å². The molecule has 24 heavy (non-hydrogen) atoms. The van der Waals surface area contributed by atoms with Crippen LogP contribution in [0, 0.1) is 12.7 Å². The lowest BCUT2D eigenvalue weighted by Gasteiger charge is -2.15. The minimum atomic E-state index is -0.215. The van der Waals surface area contributed by atoms with Crippen molar-refractivity contribution in [3.05, 3.63) is 52.3 Å². The van der Waals surface area contributed by atoms with E-state index in [2.05, 4.69) is 12.3 Å². The van der Waals surface area contributed by atoms with Gasteiger partial charge in [-0.15, -0.1) is 11.3 Å². The van der Waals surface area contributed by atoms with Crippen molar-refractivity contribution in [1.82, 2.24) is 4.98 Å². The van der Waals surface area contributed by atoms with Crippen molar-refractivity contribution in [3.8, 4) is 11.1 Å². The summed E-state index contributed by atoms with van der Waals surface area (Å²) in [5.41, 5.74) is 5.66. The van der Waals surface area contributed by atoms with Crippen LogP contribution in [0.4, 0.5) is 4.39 Å². The number of halogens is 1. The minimum absolute atomic E-state index is 0.215. The standard InChI is InChI=1S/C18H15BFNS.C2H6/c1-10-9-22-18-15(10)16(11-4-6-13(20)7-5-11)14(8-19)17(21-18)12-2-3-12;1-2/h4-7,9,12H,2-3,8H2,1H3;1-2H3. The van der Waals surface area contributed by atoms with Crippen molar-refractivity contribution in [3.63, 3.8) is 0 Å². The second-order valence-corrected chi connectivity index (χ2v) is 6.79. The van der Waals surface area contributed by atoms with Crippen LogP contribution in [-0.2, 0) is 6.32 Å². The van der Waals surface area contributed by atoms with Crippen LogP contribution in [0.15, 0.2) is 29.6 Å². The highest BCUT2D eigenvalue weighted by molar-refractivity contribution is 7.17. The molecular weight excluding hydrogens is 316 g/mol. The number of thiophene rings is 1. The first kappa shape index (κ1) is 17.2. The normalized spacial score (nSPS) is 13.7. The molecule has 0 unspecified atom stereocenters. The van der Waals surface area contributed by atoms with Gasteiger partial charge in [-0.05, 0) is 59.5 Å². The Morgan fingerprint density at radius 2 is 1.88 bits per heavy atom. The Morgan fingerprint density at radius 1 is 1.21 bits per heavy atom. The number of benzene rings is 1. The van der Waals surface area contributed by atoms with E-state index in [-0.39, 0.29) is 5.82 Å². The van der Waals surface area contributed by atoms with Gasteiger partial charge in [0.1, 0.15) is 10.6 Å². The van der Waals surface area contributed by atoms with Crippen LogP contribution in [0.25, 0.3) is 21.3 Å². The first-order chi connectivity index (χ1) is 11.7. The molecule has 4 rings (SSSR count). The van der Waals surface area contributed by atoms with E-state index in [0.717, 1.165) is 27.2 Å². The number of hydrogen-bond acceptors (Lipinski definition) is 2. The summed E-state index contributed by atoms with van der Waals surface area (Å²) in [5.74, 6) is 0.331. The SMILES string of the molecule is CC.[B]Cc1c(C2CC2)nc2scc(C)c2c1-c1ccc(F)cc1. The van der Waals surface area contributed by atoms with Gasteiger partial charge in [0.05, 0.1) is 7.85 Å². The van der Waals surface area contributed by atoms with E-state index in [1.807, 2.05) is 26.0 Å².